The van der Waals surface area contributed by atoms with E-state index in [0.717, 1.165) is 16.2 Å². The molecule has 1 aliphatic rings. The van der Waals surface area contributed by atoms with Crippen molar-refractivity contribution in [1.29, 1.82) is 0 Å². The molecule has 0 saturated carbocycles. The molecule has 1 fully saturated rings. The molecular formula is C14H19F3N2O3S2. The van der Waals surface area contributed by atoms with E-state index in [9.17, 15) is 26.4 Å². The molecule has 1 aliphatic heterocycles. The molecule has 24 heavy (non-hydrogen) atoms. The molecule has 1 saturated heterocycles. The van der Waals surface area contributed by atoms with Crippen LogP contribution in [0.2, 0.25) is 0 Å². The lowest BCUT2D eigenvalue weighted by molar-refractivity contribution is -0.146. The molecule has 0 radical (unpaired) electrons. The first-order valence-electron chi connectivity index (χ1n) is 7.46. The Kier molecular flexibility index (Phi) is 5.92. The SMILES string of the molecule is CN(CCC(F)(F)F)C(=O)C1CCN(S(=O)(=O)c2cccs2)CC1. The zero-order chi connectivity index (χ0) is 18.0. The summed E-state index contributed by atoms with van der Waals surface area (Å²) in [4.78, 5) is 13.3. The van der Waals surface area contributed by atoms with Crippen molar-refractivity contribution in [3.05, 3.63) is 17.5 Å². The van der Waals surface area contributed by atoms with Gasteiger partial charge in [-0.15, -0.1) is 11.3 Å². The quantitative estimate of drug-likeness (QED) is 0.784. The monoisotopic (exact) mass is 384 g/mol. The Morgan fingerprint density at radius 3 is 2.50 bits per heavy atom. The van der Waals surface area contributed by atoms with E-state index in [1.807, 2.05) is 0 Å². The van der Waals surface area contributed by atoms with E-state index >= 15 is 0 Å². The molecular weight excluding hydrogens is 365 g/mol. The number of hydrogen-bond donors (Lipinski definition) is 0. The van der Waals surface area contributed by atoms with E-state index in [2.05, 4.69) is 0 Å². The van der Waals surface area contributed by atoms with Crippen molar-refractivity contribution in [2.75, 3.05) is 26.7 Å². The third kappa shape index (κ3) is 4.70. The largest absolute Gasteiger partial charge is 0.390 e. The molecule has 0 spiro atoms. The zero-order valence-electron chi connectivity index (χ0n) is 13.1. The first-order valence-corrected chi connectivity index (χ1v) is 9.78. The van der Waals surface area contributed by atoms with E-state index in [1.54, 1.807) is 11.4 Å². The zero-order valence-corrected chi connectivity index (χ0v) is 14.8. The molecule has 1 amide bonds. The lowest BCUT2D eigenvalue weighted by Gasteiger charge is -2.32. The third-order valence-corrected chi connectivity index (χ3v) is 7.27. The molecule has 0 aliphatic carbocycles. The molecule has 0 N–H and O–H groups in total. The molecule has 1 aromatic heterocycles. The average Bonchev–Trinajstić information content (AvgIpc) is 3.06. The number of amides is 1. The molecule has 0 bridgehead atoms. The number of carbonyl (C=O) groups is 1. The van der Waals surface area contributed by atoms with Crippen LogP contribution in [-0.2, 0) is 14.8 Å². The number of sulfonamides is 1. The maximum atomic E-state index is 12.4. The summed E-state index contributed by atoms with van der Waals surface area (Å²) < 4.78 is 63.1. The normalized spacial score (nSPS) is 17.8. The Hall–Kier alpha value is -1.13. The van der Waals surface area contributed by atoms with Crippen LogP contribution in [0.1, 0.15) is 19.3 Å². The van der Waals surface area contributed by atoms with Gasteiger partial charge in [0.2, 0.25) is 5.91 Å². The second-order valence-corrected chi connectivity index (χ2v) is 8.85. The fourth-order valence-corrected chi connectivity index (χ4v) is 5.21. The van der Waals surface area contributed by atoms with Crippen LogP contribution < -0.4 is 0 Å². The van der Waals surface area contributed by atoms with Gasteiger partial charge >= 0.3 is 6.18 Å². The molecule has 10 heteroatoms. The van der Waals surface area contributed by atoms with Gasteiger partial charge in [-0.2, -0.15) is 17.5 Å². The van der Waals surface area contributed by atoms with E-state index < -0.39 is 28.5 Å². The first-order chi connectivity index (χ1) is 11.1. The maximum Gasteiger partial charge on any atom is 0.390 e. The Morgan fingerprint density at radius 2 is 2.00 bits per heavy atom. The summed E-state index contributed by atoms with van der Waals surface area (Å²) in [6, 6.07) is 3.19. The predicted molar refractivity (Wildman–Crippen MR) is 84.1 cm³/mol. The number of carbonyl (C=O) groups excluding carboxylic acids is 1. The fourth-order valence-electron chi connectivity index (χ4n) is 2.60. The van der Waals surface area contributed by atoms with Crippen molar-refractivity contribution in [1.82, 2.24) is 9.21 Å². The van der Waals surface area contributed by atoms with Gasteiger partial charge in [0.05, 0.1) is 6.42 Å². The summed E-state index contributed by atoms with van der Waals surface area (Å²) in [6.45, 7) is 0.0174. The van der Waals surface area contributed by atoms with Gasteiger partial charge in [0.1, 0.15) is 4.21 Å². The van der Waals surface area contributed by atoms with Crippen molar-refractivity contribution < 1.29 is 26.4 Å². The summed E-state index contributed by atoms with van der Waals surface area (Å²) in [6.07, 6.45) is -4.70. The fraction of sp³-hybridized carbons (Fsp3) is 0.643. The van der Waals surface area contributed by atoms with Gasteiger partial charge in [-0.05, 0) is 24.3 Å². The highest BCUT2D eigenvalue weighted by molar-refractivity contribution is 7.91. The van der Waals surface area contributed by atoms with Crippen LogP contribution >= 0.6 is 11.3 Å². The van der Waals surface area contributed by atoms with Crippen molar-refractivity contribution in [2.24, 2.45) is 5.92 Å². The Bertz CT molecular complexity index is 651. The molecule has 2 rings (SSSR count). The highest BCUT2D eigenvalue weighted by Crippen LogP contribution is 2.27. The minimum Gasteiger partial charge on any atom is -0.345 e. The average molecular weight is 384 g/mol. The predicted octanol–water partition coefficient (Wildman–Crippen LogP) is 2.56. The second kappa shape index (κ2) is 7.40. The summed E-state index contributed by atoms with van der Waals surface area (Å²) >= 11 is 1.13. The molecule has 0 aromatic carbocycles. The first kappa shape index (κ1) is 19.2. The van der Waals surface area contributed by atoms with Crippen LogP contribution in [0.4, 0.5) is 13.2 Å². The lowest BCUT2D eigenvalue weighted by atomic mass is 9.96. The van der Waals surface area contributed by atoms with E-state index in [4.69, 9.17) is 0 Å². The molecule has 0 atom stereocenters. The Labute approximate surface area is 143 Å². The lowest BCUT2D eigenvalue weighted by Crippen LogP contribution is -2.43. The summed E-state index contributed by atoms with van der Waals surface area (Å²) in [5, 5.41) is 1.68. The van der Waals surface area contributed by atoms with Gasteiger partial charge in [0.15, 0.2) is 0 Å². The van der Waals surface area contributed by atoms with Gasteiger partial charge in [0.25, 0.3) is 10.0 Å². The van der Waals surface area contributed by atoms with Crippen molar-refractivity contribution in [3.63, 3.8) is 0 Å². The van der Waals surface area contributed by atoms with Crippen LogP contribution in [0.25, 0.3) is 0 Å². The van der Waals surface area contributed by atoms with Crippen LogP contribution in [0, 0.1) is 5.92 Å². The molecule has 1 aromatic rings. The summed E-state index contributed by atoms with van der Waals surface area (Å²) in [7, 11) is -2.19. The molecule has 136 valence electrons. The van der Waals surface area contributed by atoms with Crippen molar-refractivity contribution in [2.45, 2.75) is 29.6 Å². The topological polar surface area (TPSA) is 57.7 Å². The van der Waals surface area contributed by atoms with E-state index in [1.165, 1.54) is 17.4 Å². The number of alkyl halides is 3. The number of thiophene rings is 1. The third-order valence-electron chi connectivity index (χ3n) is 4.00. The van der Waals surface area contributed by atoms with Crippen molar-refractivity contribution >= 4 is 27.3 Å². The standard InChI is InChI=1S/C14H19F3N2O3S2/c1-18(9-6-14(15,16)17)13(20)11-4-7-19(8-5-11)24(21,22)12-3-2-10-23-12/h2-3,10-11H,4-9H2,1H3. The Morgan fingerprint density at radius 1 is 1.38 bits per heavy atom. The summed E-state index contributed by atoms with van der Waals surface area (Å²) in [5.74, 6) is -0.787. The molecule has 0 unspecified atom stereocenters. The van der Waals surface area contributed by atoms with E-state index in [0.29, 0.717) is 12.8 Å². The highest BCUT2D eigenvalue weighted by atomic mass is 32.2. The van der Waals surface area contributed by atoms with E-state index in [-0.39, 0.29) is 29.8 Å². The van der Waals surface area contributed by atoms with Crippen LogP contribution in [0.15, 0.2) is 21.7 Å². The van der Waals surface area contributed by atoms with Crippen LogP contribution in [-0.4, -0.2) is 56.4 Å². The minimum absolute atomic E-state index is 0.198. The van der Waals surface area contributed by atoms with Gasteiger partial charge < -0.3 is 4.90 Å². The Balaban J connectivity index is 1.89. The maximum absolute atomic E-state index is 12.4. The number of halogens is 3. The van der Waals surface area contributed by atoms with Gasteiger partial charge in [-0.1, -0.05) is 6.07 Å². The number of piperidine rings is 1. The second-order valence-electron chi connectivity index (χ2n) is 5.74. The van der Waals surface area contributed by atoms with Crippen LogP contribution in [0.5, 0.6) is 0 Å². The minimum atomic E-state index is -4.30. The smallest absolute Gasteiger partial charge is 0.345 e. The van der Waals surface area contributed by atoms with Crippen molar-refractivity contribution in [3.8, 4) is 0 Å². The number of hydrogen-bond acceptors (Lipinski definition) is 4. The molecule has 5 nitrogen and oxygen atoms in total. The summed E-state index contributed by atoms with van der Waals surface area (Å²) in [5.41, 5.74) is 0. The van der Waals surface area contributed by atoms with Gasteiger partial charge in [-0.3, -0.25) is 4.79 Å². The van der Waals surface area contributed by atoms with Gasteiger partial charge in [0, 0.05) is 32.6 Å². The highest BCUT2D eigenvalue weighted by Gasteiger charge is 2.34. The van der Waals surface area contributed by atoms with Crippen LogP contribution in [0.3, 0.4) is 0 Å². The molecule has 2 heterocycles. The number of rotatable bonds is 5. The number of nitrogens with zero attached hydrogens (tertiary/aromatic N) is 2. The van der Waals surface area contributed by atoms with Gasteiger partial charge in [-0.25, -0.2) is 8.42 Å².